The fourth-order valence-corrected chi connectivity index (χ4v) is 3.15. The topological polar surface area (TPSA) is 17.0 Å². The van der Waals surface area contributed by atoms with Crippen molar-refractivity contribution in [3.8, 4) is 0 Å². The summed E-state index contributed by atoms with van der Waals surface area (Å²) >= 11 is 1.88. The van der Waals surface area contributed by atoms with Crippen molar-refractivity contribution in [2.45, 2.75) is 33.4 Å². The minimum Gasteiger partial charge on any atom is -0.353 e. The maximum Gasteiger partial charge on any atom is 0.0364 e. The molecule has 0 fully saturated rings. The van der Waals surface area contributed by atoms with E-state index in [4.69, 9.17) is 0 Å². The molecule has 0 amide bonds. The number of nitrogens with one attached hydrogen (secondary N) is 1. The Morgan fingerprint density at radius 1 is 1.41 bits per heavy atom. The highest BCUT2D eigenvalue weighted by molar-refractivity contribution is 7.12. The second-order valence-electron chi connectivity index (χ2n) is 4.58. The van der Waals surface area contributed by atoms with Crippen LogP contribution in [0.4, 0.5) is 0 Å². The van der Waals surface area contributed by atoms with Gasteiger partial charge in [-0.1, -0.05) is 0 Å². The van der Waals surface area contributed by atoms with Crippen molar-refractivity contribution < 1.29 is 0 Å². The zero-order valence-corrected chi connectivity index (χ0v) is 11.8. The van der Waals surface area contributed by atoms with Gasteiger partial charge in [-0.05, 0) is 44.5 Å². The first-order chi connectivity index (χ1) is 8.08. The van der Waals surface area contributed by atoms with Crippen molar-refractivity contribution >= 4 is 11.3 Å². The normalized spacial score (nSPS) is 12.9. The van der Waals surface area contributed by atoms with Crippen LogP contribution in [0.15, 0.2) is 24.4 Å². The molecule has 2 aromatic heterocycles. The third kappa shape index (κ3) is 2.79. The Balaban J connectivity index is 2.00. The van der Waals surface area contributed by atoms with E-state index in [0.717, 1.165) is 6.54 Å². The van der Waals surface area contributed by atoms with Crippen LogP contribution in [0.2, 0.25) is 0 Å². The Morgan fingerprint density at radius 3 is 2.71 bits per heavy atom. The van der Waals surface area contributed by atoms with Gasteiger partial charge in [0.15, 0.2) is 0 Å². The standard InChI is InChI=1S/C14H20N2S/c1-10-8-14(12(3)17-10)11(2)15-9-13-6-5-7-16(13)4/h5-8,11,15H,9H2,1-4H3. The van der Waals surface area contributed by atoms with Crippen molar-refractivity contribution in [1.82, 2.24) is 9.88 Å². The van der Waals surface area contributed by atoms with Gasteiger partial charge in [0.1, 0.15) is 0 Å². The third-order valence-electron chi connectivity index (χ3n) is 3.19. The number of hydrogen-bond acceptors (Lipinski definition) is 2. The summed E-state index contributed by atoms with van der Waals surface area (Å²) < 4.78 is 2.16. The largest absolute Gasteiger partial charge is 0.353 e. The van der Waals surface area contributed by atoms with Gasteiger partial charge >= 0.3 is 0 Å². The van der Waals surface area contributed by atoms with E-state index in [1.807, 2.05) is 11.3 Å². The molecular weight excluding hydrogens is 228 g/mol. The SMILES string of the molecule is Cc1cc(C(C)NCc2cccn2C)c(C)s1. The Morgan fingerprint density at radius 2 is 2.18 bits per heavy atom. The first-order valence-electron chi connectivity index (χ1n) is 5.98. The summed E-state index contributed by atoms with van der Waals surface area (Å²) in [6, 6.07) is 6.95. The number of aryl methyl sites for hydroxylation is 3. The van der Waals surface area contributed by atoms with E-state index in [2.05, 4.69) is 62.1 Å². The lowest BCUT2D eigenvalue weighted by molar-refractivity contribution is 0.557. The minimum atomic E-state index is 0.412. The molecule has 0 radical (unpaired) electrons. The molecule has 2 aromatic rings. The zero-order chi connectivity index (χ0) is 12.4. The van der Waals surface area contributed by atoms with E-state index in [-0.39, 0.29) is 0 Å². The summed E-state index contributed by atoms with van der Waals surface area (Å²) in [6.07, 6.45) is 2.08. The summed E-state index contributed by atoms with van der Waals surface area (Å²) in [5.74, 6) is 0. The third-order valence-corrected chi connectivity index (χ3v) is 4.17. The highest BCUT2D eigenvalue weighted by Crippen LogP contribution is 2.26. The summed E-state index contributed by atoms with van der Waals surface area (Å²) in [7, 11) is 2.08. The van der Waals surface area contributed by atoms with Gasteiger partial charge in [-0.2, -0.15) is 0 Å². The van der Waals surface area contributed by atoms with Crippen LogP contribution in [0.3, 0.4) is 0 Å². The van der Waals surface area contributed by atoms with Gasteiger partial charge < -0.3 is 9.88 Å². The smallest absolute Gasteiger partial charge is 0.0364 e. The Labute approximate surface area is 107 Å². The Kier molecular flexibility index (Phi) is 3.69. The van der Waals surface area contributed by atoms with Crippen molar-refractivity contribution in [1.29, 1.82) is 0 Å². The molecular formula is C14H20N2S. The van der Waals surface area contributed by atoms with Crippen molar-refractivity contribution in [3.63, 3.8) is 0 Å². The molecule has 2 rings (SSSR count). The van der Waals surface area contributed by atoms with Gasteiger partial charge in [0.2, 0.25) is 0 Å². The maximum atomic E-state index is 3.58. The van der Waals surface area contributed by atoms with E-state index in [1.165, 1.54) is 21.0 Å². The van der Waals surface area contributed by atoms with Gasteiger partial charge in [-0.15, -0.1) is 11.3 Å². The van der Waals surface area contributed by atoms with Crippen LogP contribution < -0.4 is 5.32 Å². The van der Waals surface area contributed by atoms with E-state index in [1.54, 1.807) is 0 Å². The predicted molar refractivity (Wildman–Crippen MR) is 74.5 cm³/mol. The molecule has 0 saturated heterocycles. The van der Waals surface area contributed by atoms with Crippen LogP contribution in [-0.2, 0) is 13.6 Å². The summed E-state index contributed by atoms with van der Waals surface area (Å²) in [5.41, 5.74) is 2.75. The second-order valence-corrected chi connectivity index (χ2v) is 6.04. The first-order valence-corrected chi connectivity index (χ1v) is 6.80. The molecule has 1 unspecified atom stereocenters. The predicted octanol–water partition coefficient (Wildman–Crippen LogP) is 3.55. The number of aromatic nitrogens is 1. The van der Waals surface area contributed by atoms with Crippen LogP contribution in [0, 0.1) is 13.8 Å². The molecule has 0 aliphatic heterocycles. The minimum absolute atomic E-state index is 0.412. The highest BCUT2D eigenvalue weighted by Gasteiger charge is 2.10. The zero-order valence-electron chi connectivity index (χ0n) is 10.9. The quantitative estimate of drug-likeness (QED) is 0.875. The maximum absolute atomic E-state index is 3.58. The average Bonchev–Trinajstić information content (AvgIpc) is 2.81. The van der Waals surface area contributed by atoms with Gasteiger partial charge in [-0.3, -0.25) is 0 Å². The molecule has 0 aromatic carbocycles. The summed E-state index contributed by atoms with van der Waals surface area (Å²) in [4.78, 5) is 2.82. The van der Waals surface area contributed by atoms with Gasteiger partial charge in [0.05, 0.1) is 0 Å². The molecule has 0 bridgehead atoms. The highest BCUT2D eigenvalue weighted by atomic mass is 32.1. The molecule has 1 N–H and O–H groups in total. The molecule has 1 atom stereocenters. The van der Waals surface area contributed by atoms with Crippen LogP contribution in [-0.4, -0.2) is 4.57 Å². The molecule has 0 aliphatic carbocycles. The number of rotatable bonds is 4. The van der Waals surface area contributed by atoms with E-state index in [0.29, 0.717) is 6.04 Å². The Hall–Kier alpha value is -1.06. The summed E-state index contributed by atoms with van der Waals surface area (Å²) in [5, 5.41) is 3.58. The van der Waals surface area contributed by atoms with Gasteiger partial charge in [0.25, 0.3) is 0 Å². The van der Waals surface area contributed by atoms with Crippen molar-refractivity contribution in [3.05, 3.63) is 45.4 Å². The van der Waals surface area contributed by atoms with Crippen LogP contribution in [0.5, 0.6) is 0 Å². The fourth-order valence-electron chi connectivity index (χ4n) is 2.13. The van der Waals surface area contributed by atoms with Crippen molar-refractivity contribution in [2.24, 2.45) is 7.05 Å². The summed E-state index contributed by atoms with van der Waals surface area (Å²) in [6.45, 7) is 7.52. The first kappa shape index (κ1) is 12.4. The lowest BCUT2D eigenvalue weighted by Gasteiger charge is -2.14. The molecule has 2 heterocycles. The van der Waals surface area contributed by atoms with E-state index >= 15 is 0 Å². The fraction of sp³-hybridized carbons (Fsp3) is 0.429. The van der Waals surface area contributed by atoms with Crippen LogP contribution in [0.25, 0.3) is 0 Å². The average molecular weight is 248 g/mol. The van der Waals surface area contributed by atoms with Gasteiger partial charge in [0, 0.05) is 41.3 Å². The van der Waals surface area contributed by atoms with Gasteiger partial charge in [-0.25, -0.2) is 0 Å². The van der Waals surface area contributed by atoms with Crippen LogP contribution in [0.1, 0.15) is 34.0 Å². The Bertz CT molecular complexity index is 496. The second kappa shape index (κ2) is 5.07. The van der Waals surface area contributed by atoms with Crippen LogP contribution >= 0.6 is 11.3 Å². The number of nitrogens with zero attached hydrogens (tertiary/aromatic N) is 1. The van der Waals surface area contributed by atoms with E-state index in [9.17, 15) is 0 Å². The van der Waals surface area contributed by atoms with Crippen molar-refractivity contribution in [2.75, 3.05) is 0 Å². The molecule has 0 saturated carbocycles. The molecule has 17 heavy (non-hydrogen) atoms. The molecule has 2 nitrogen and oxygen atoms in total. The van der Waals surface area contributed by atoms with E-state index < -0.39 is 0 Å². The lowest BCUT2D eigenvalue weighted by Crippen LogP contribution is -2.19. The lowest BCUT2D eigenvalue weighted by atomic mass is 10.1. The monoisotopic (exact) mass is 248 g/mol. The molecule has 3 heteroatoms. The molecule has 92 valence electrons. The molecule has 0 spiro atoms. The number of hydrogen-bond donors (Lipinski definition) is 1. The molecule has 0 aliphatic rings. The number of thiophene rings is 1.